The fourth-order valence-electron chi connectivity index (χ4n) is 3.78. The molecule has 0 aliphatic carbocycles. The number of para-hydroxylation sites is 1. The summed E-state index contributed by atoms with van der Waals surface area (Å²) in [4.78, 5) is 40.7. The van der Waals surface area contributed by atoms with Crippen LogP contribution in [-0.2, 0) is 11.3 Å². The van der Waals surface area contributed by atoms with E-state index in [0.717, 1.165) is 23.8 Å². The molecule has 0 spiro atoms. The van der Waals surface area contributed by atoms with Crippen LogP contribution in [0.25, 0.3) is 15.9 Å². The van der Waals surface area contributed by atoms with E-state index in [4.69, 9.17) is 0 Å². The second-order valence-electron chi connectivity index (χ2n) is 7.03. The van der Waals surface area contributed by atoms with Crippen LogP contribution in [-0.4, -0.2) is 32.5 Å². The fraction of sp³-hybridized carbons (Fsp3) is 0.350. The number of thiophene rings is 1. The highest BCUT2D eigenvalue weighted by Crippen LogP contribution is 2.20. The average Bonchev–Trinajstić information content (AvgIpc) is 3.17. The van der Waals surface area contributed by atoms with Crippen molar-refractivity contribution in [3.63, 3.8) is 0 Å². The van der Waals surface area contributed by atoms with Crippen LogP contribution >= 0.6 is 11.3 Å². The number of halogens is 1. The molecule has 0 radical (unpaired) electrons. The Bertz CT molecular complexity index is 1160. The lowest BCUT2D eigenvalue weighted by Gasteiger charge is -2.33. The van der Waals surface area contributed by atoms with E-state index >= 15 is 0 Å². The molecule has 2 aromatic heterocycles. The molecule has 6 nitrogen and oxygen atoms in total. The third-order valence-corrected chi connectivity index (χ3v) is 6.16. The molecule has 1 aromatic carbocycles. The van der Waals surface area contributed by atoms with E-state index in [0.29, 0.717) is 16.8 Å². The Morgan fingerprint density at radius 2 is 2.00 bits per heavy atom. The molecule has 0 unspecified atom stereocenters. The molecular formula is C20H20FN3O3S. The number of hydrogen-bond acceptors (Lipinski definition) is 4. The maximum absolute atomic E-state index is 14.3. The van der Waals surface area contributed by atoms with Gasteiger partial charge in [0.05, 0.1) is 11.2 Å². The van der Waals surface area contributed by atoms with Gasteiger partial charge >= 0.3 is 5.69 Å². The number of aromatic nitrogens is 2. The second-order valence-corrected chi connectivity index (χ2v) is 7.94. The molecule has 1 amide bonds. The van der Waals surface area contributed by atoms with Crippen molar-refractivity contribution in [3.8, 4) is 5.69 Å². The first kappa shape index (κ1) is 18.6. The van der Waals surface area contributed by atoms with E-state index in [2.05, 4.69) is 0 Å². The largest absolute Gasteiger partial charge is 0.338 e. The normalized spacial score (nSPS) is 17.2. The van der Waals surface area contributed by atoms with Gasteiger partial charge in [-0.15, -0.1) is 11.3 Å². The fourth-order valence-corrected chi connectivity index (χ4v) is 4.60. The van der Waals surface area contributed by atoms with E-state index < -0.39 is 17.1 Å². The van der Waals surface area contributed by atoms with E-state index in [1.165, 1.54) is 34.1 Å². The molecule has 0 bridgehead atoms. The molecule has 1 fully saturated rings. The number of rotatable bonds is 3. The van der Waals surface area contributed by atoms with Crippen LogP contribution in [0.15, 0.2) is 45.3 Å². The van der Waals surface area contributed by atoms with Gasteiger partial charge in [-0.05, 0) is 49.8 Å². The quantitative estimate of drug-likeness (QED) is 0.678. The van der Waals surface area contributed by atoms with Crippen molar-refractivity contribution in [1.29, 1.82) is 0 Å². The van der Waals surface area contributed by atoms with Gasteiger partial charge in [-0.25, -0.2) is 13.8 Å². The highest BCUT2D eigenvalue weighted by molar-refractivity contribution is 7.17. The Labute approximate surface area is 164 Å². The number of carbonyl (C=O) groups is 1. The summed E-state index contributed by atoms with van der Waals surface area (Å²) in [7, 11) is 0. The lowest BCUT2D eigenvalue weighted by molar-refractivity contribution is -0.135. The number of fused-ring (bicyclic) bond motifs is 1. The van der Waals surface area contributed by atoms with Crippen molar-refractivity contribution in [2.45, 2.75) is 38.8 Å². The Balaban J connectivity index is 1.86. The summed E-state index contributed by atoms with van der Waals surface area (Å²) < 4.78 is 16.7. The van der Waals surface area contributed by atoms with E-state index in [9.17, 15) is 18.8 Å². The molecule has 28 heavy (non-hydrogen) atoms. The van der Waals surface area contributed by atoms with Crippen LogP contribution in [0.1, 0.15) is 26.2 Å². The zero-order valence-electron chi connectivity index (χ0n) is 15.4. The van der Waals surface area contributed by atoms with Gasteiger partial charge in [-0.1, -0.05) is 12.1 Å². The summed E-state index contributed by atoms with van der Waals surface area (Å²) in [5.41, 5.74) is -0.986. The van der Waals surface area contributed by atoms with E-state index in [1.54, 1.807) is 22.4 Å². The Kier molecular flexibility index (Phi) is 4.89. The summed E-state index contributed by atoms with van der Waals surface area (Å²) >= 11 is 1.17. The van der Waals surface area contributed by atoms with Crippen molar-refractivity contribution < 1.29 is 9.18 Å². The molecule has 146 valence electrons. The van der Waals surface area contributed by atoms with Gasteiger partial charge in [0.25, 0.3) is 5.56 Å². The molecule has 8 heteroatoms. The summed E-state index contributed by atoms with van der Waals surface area (Å²) in [5, 5.41) is 1.70. The van der Waals surface area contributed by atoms with Gasteiger partial charge in [-0.3, -0.25) is 14.2 Å². The lowest BCUT2D eigenvalue weighted by atomic mass is 10.0. The third-order valence-electron chi connectivity index (χ3n) is 5.26. The van der Waals surface area contributed by atoms with Gasteiger partial charge in [0.1, 0.15) is 17.1 Å². The molecule has 1 atom stereocenters. The molecule has 4 rings (SSSR count). The van der Waals surface area contributed by atoms with Gasteiger partial charge in [0.2, 0.25) is 5.91 Å². The Morgan fingerprint density at radius 3 is 2.75 bits per heavy atom. The van der Waals surface area contributed by atoms with Crippen LogP contribution in [0.2, 0.25) is 0 Å². The first-order chi connectivity index (χ1) is 13.5. The highest BCUT2D eigenvalue weighted by atomic mass is 32.1. The van der Waals surface area contributed by atoms with Crippen LogP contribution in [0.3, 0.4) is 0 Å². The maximum atomic E-state index is 14.3. The molecule has 0 N–H and O–H groups in total. The maximum Gasteiger partial charge on any atom is 0.336 e. The summed E-state index contributed by atoms with van der Waals surface area (Å²) in [6.07, 6.45) is 2.95. The number of hydrogen-bond donors (Lipinski definition) is 0. The number of nitrogens with zero attached hydrogens (tertiary/aromatic N) is 3. The smallest absolute Gasteiger partial charge is 0.336 e. The zero-order chi connectivity index (χ0) is 19.8. The van der Waals surface area contributed by atoms with Crippen LogP contribution in [0.5, 0.6) is 0 Å². The van der Waals surface area contributed by atoms with E-state index in [1.807, 2.05) is 6.92 Å². The summed E-state index contributed by atoms with van der Waals surface area (Å²) in [6.45, 7) is 2.49. The van der Waals surface area contributed by atoms with E-state index in [-0.39, 0.29) is 24.2 Å². The molecule has 1 saturated heterocycles. The van der Waals surface area contributed by atoms with Crippen molar-refractivity contribution in [1.82, 2.24) is 14.0 Å². The predicted molar refractivity (Wildman–Crippen MR) is 107 cm³/mol. The minimum absolute atomic E-state index is 0.111. The zero-order valence-corrected chi connectivity index (χ0v) is 16.2. The second kappa shape index (κ2) is 7.35. The molecule has 3 heterocycles. The number of likely N-dealkylation sites (tertiary alicyclic amines) is 1. The van der Waals surface area contributed by atoms with Crippen molar-refractivity contribution in [2.24, 2.45) is 0 Å². The van der Waals surface area contributed by atoms with Crippen LogP contribution < -0.4 is 11.2 Å². The van der Waals surface area contributed by atoms with Gasteiger partial charge in [0, 0.05) is 12.6 Å². The Hall–Kier alpha value is -2.74. The van der Waals surface area contributed by atoms with Crippen molar-refractivity contribution >= 4 is 27.5 Å². The van der Waals surface area contributed by atoms with Crippen LogP contribution in [0, 0.1) is 5.82 Å². The van der Waals surface area contributed by atoms with Crippen LogP contribution in [0.4, 0.5) is 4.39 Å². The number of carbonyl (C=O) groups excluding carboxylic acids is 1. The Morgan fingerprint density at radius 1 is 1.21 bits per heavy atom. The predicted octanol–water partition coefficient (Wildman–Crippen LogP) is 2.75. The number of piperidine rings is 1. The standard InChI is InChI=1S/C20H20FN3O3S/c1-13-6-4-5-10-22(13)17(25)12-23-16-9-11-28-18(16)19(26)24(20(23)27)15-8-3-2-7-14(15)21/h2-3,7-9,11,13H,4-6,10,12H2,1H3/t13-/m0/s1. The van der Waals surface area contributed by atoms with Crippen molar-refractivity contribution in [2.75, 3.05) is 6.54 Å². The monoisotopic (exact) mass is 401 g/mol. The molecule has 0 saturated carbocycles. The lowest BCUT2D eigenvalue weighted by Crippen LogP contribution is -2.46. The number of amides is 1. The third kappa shape index (κ3) is 3.07. The summed E-state index contributed by atoms with van der Waals surface area (Å²) in [5.74, 6) is -0.833. The van der Waals surface area contributed by atoms with Gasteiger partial charge < -0.3 is 4.90 Å². The molecular weight excluding hydrogens is 381 g/mol. The minimum Gasteiger partial charge on any atom is -0.338 e. The van der Waals surface area contributed by atoms with Crippen molar-refractivity contribution in [3.05, 3.63) is 62.4 Å². The van der Waals surface area contributed by atoms with Gasteiger partial charge in [0.15, 0.2) is 0 Å². The SMILES string of the molecule is C[C@H]1CCCCN1C(=O)Cn1c(=O)n(-c2ccccc2F)c(=O)c2sccc21. The first-order valence-electron chi connectivity index (χ1n) is 9.26. The first-order valence-corrected chi connectivity index (χ1v) is 10.1. The summed E-state index contributed by atoms with van der Waals surface area (Å²) in [6, 6.07) is 7.41. The average molecular weight is 401 g/mol. The molecule has 3 aromatic rings. The molecule has 1 aliphatic rings. The topological polar surface area (TPSA) is 64.3 Å². The molecule has 1 aliphatic heterocycles. The minimum atomic E-state index is -0.709. The van der Waals surface area contributed by atoms with Gasteiger partial charge in [-0.2, -0.15) is 0 Å². The number of benzene rings is 1. The highest BCUT2D eigenvalue weighted by Gasteiger charge is 2.25.